The zero-order valence-electron chi connectivity index (χ0n) is 15.9. The Bertz CT molecular complexity index is 1260. The number of fused-ring (bicyclic) bond motifs is 3. The molecular weight excluding hydrogens is 397 g/mol. The van der Waals surface area contributed by atoms with Gasteiger partial charge in [0.2, 0.25) is 5.76 Å². The largest absolute Gasteiger partial charge is 0.455 e. The van der Waals surface area contributed by atoms with Crippen LogP contribution in [0.1, 0.15) is 30.4 Å². The lowest BCUT2D eigenvalue weighted by atomic mass is 10.0. The highest BCUT2D eigenvalue weighted by molar-refractivity contribution is 6.02. The molecule has 1 saturated heterocycles. The van der Waals surface area contributed by atoms with E-state index in [4.69, 9.17) is 4.42 Å². The summed E-state index contributed by atoms with van der Waals surface area (Å²) in [6.45, 7) is 1.79. The Balaban J connectivity index is 1.36. The summed E-state index contributed by atoms with van der Waals surface area (Å²) < 4.78 is 45.3. The number of alkyl halides is 3. The third-order valence-electron chi connectivity index (χ3n) is 5.74. The Hall–Kier alpha value is -3.07. The average molecular weight is 416 g/mol. The fourth-order valence-corrected chi connectivity index (χ4v) is 4.26. The first-order valence-electron chi connectivity index (χ1n) is 9.75. The van der Waals surface area contributed by atoms with E-state index >= 15 is 0 Å². The van der Waals surface area contributed by atoms with Gasteiger partial charge in [-0.05, 0) is 31.0 Å². The standard InChI is InChI=1S/C21H19F3N4O2/c22-21(23,24)18-2-1-14(30-18)12-27-8-4-13(5-9-27)28-10-6-17(29)16-11-26-20-15(19(16)28)3-7-25-20/h1-3,6-7,10-11,13H,4-5,8-9,12H2,(H,25,26). The van der Waals surface area contributed by atoms with Crippen LogP contribution in [-0.2, 0) is 12.7 Å². The van der Waals surface area contributed by atoms with E-state index in [1.54, 1.807) is 18.5 Å². The third-order valence-corrected chi connectivity index (χ3v) is 5.74. The van der Waals surface area contributed by atoms with Crippen molar-refractivity contribution < 1.29 is 17.6 Å². The molecule has 0 aromatic carbocycles. The first kappa shape index (κ1) is 18.9. The minimum Gasteiger partial charge on any atom is -0.455 e. The van der Waals surface area contributed by atoms with Crippen molar-refractivity contribution in [3.05, 3.63) is 64.6 Å². The van der Waals surface area contributed by atoms with Crippen molar-refractivity contribution in [2.24, 2.45) is 0 Å². The smallest absolute Gasteiger partial charge is 0.449 e. The van der Waals surface area contributed by atoms with Crippen molar-refractivity contribution in [1.82, 2.24) is 19.4 Å². The lowest BCUT2D eigenvalue weighted by Crippen LogP contribution is -2.34. The second-order valence-electron chi connectivity index (χ2n) is 7.62. The summed E-state index contributed by atoms with van der Waals surface area (Å²) in [7, 11) is 0. The van der Waals surface area contributed by atoms with E-state index in [0.717, 1.165) is 48.5 Å². The van der Waals surface area contributed by atoms with Crippen molar-refractivity contribution >= 4 is 21.9 Å². The van der Waals surface area contributed by atoms with Crippen molar-refractivity contribution in [2.75, 3.05) is 13.1 Å². The van der Waals surface area contributed by atoms with Gasteiger partial charge in [-0.3, -0.25) is 9.69 Å². The lowest BCUT2D eigenvalue weighted by Gasteiger charge is -2.33. The molecule has 1 fully saturated rings. The van der Waals surface area contributed by atoms with Crippen LogP contribution in [-0.4, -0.2) is 32.5 Å². The number of nitrogens with one attached hydrogen (secondary N) is 1. The fraction of sp³-hybridized carbons (Fsp3) is 0.333. The van der Waals surface area contributed by atoms with Crippen molar-refractivity contribution in [1.29, 1.82) is 0 Å². The molecule has 5 rings (SSSR count). The zero-order chi connectivity index (χ0) is 20.9. The molecule has 1 N–H and O–H groups in total. The van der Waals surface area contributed by atoms with Crippen LogP contribution in [0, 0.1) is 0 Å². The van der Waals surface area contributed by atoms with Crippen LogP contribution in [0.5, 0.6) is 0 Å². The van der Waals surface area contributed by atoms with Gasteiger partial charge in [-0.1, -0.05) is 0 Å². The SMILES string of the molecule is O=c1ccn(C2CCN(Cc3ccc(C(F)(F)F)o3)CC2)c2c1cnc1[nH]ccc12. The predicted octanol–water partition coefficient (Wildman–Crippen LogP) is 4.33. The van der Waals surface area contributed by atoms with Gasteiger partial charge < -0.3 is 14.0 Å². The summed E-state index contributed by atoms with van der Waals surface area (Å²) in [6.07, 6.45) is 2.42. The van der Waals surface area contributed by atoms with Gasteiger partial charge in [0.25, 0.3) is 0 Å². The van der Waals surface area contributed by atoms with Crippen molar-refractivity contribution in [2.45, 2.75) is 31.6 Å². The van der Waals surface area contributed by atoms with Gasteiger partial charge in [-0.25, -0.2) is 4.98 Å². The van der Waals surface area contributed by atoms with Crippen LogP contribution in [0.2, 0.25) is 0 Å². The molecule has 1 aliphatic rings. The first-order valence-corrected chi connectivity index (χ1v) is 9.75. The summed E-state index contributed by atoms with van der Waals surface area (Å²) in [5.41, 5.74) is 1.54. The molecule has 156 valence electrons. The molecule has 0 radical (unpaired) electrons. The van der Waals surface area contributed by atoms with Crippen LogP contribution >= 0.6 is 0 Å². The molecule has 0 unspecified atom stereocenters. The number of aromatic nitrogens is 3. The second kappa shape index (κ2) is 7.02. The second-order valence-corrected chi connectivity index (χ2v) is 7.62. The van der Waals surface area contributed by atoms with Crippen LogP contribution in [0.25, 0.3) is 21.9 Å². The van der Waals surface area contributed by atoms with Gasteiger partial charge in [-0.15, -0.1) is 0 Å². The highest BCUT2D eigenvalue weighted by atomic mass is 19.4. The average Bonchev–Trinajstić information content (AvgIpc) is 3.38. The minimum atomic E-state index is -4.46. The maximum Gasteiger partial charge on any atom is 0.449 e. The van der Waals surface area contributed by atoms with Gasteiger partial charge in [0.1, 0.15) is 11.4 Å². The van der Waals surface area contributed by atoms with E-state index in [1.165, 1.54) is 6.07 Å². The molecule has 4 aromatic rings. The molecule has 5 heterocycles. The maximum absolute atomic E-state index is 12.7. The quantitative estimate of drug-likeness (QED) is 0.540. The van der Waals surface area contributed by atoms with Crippen molar-refractivity contribution in [3.8, 4) is 0 Å². The molecule has 30 heavy (non-hydrogen) atoms. The fourth-order valence-electron chi connectivity index (χ4n) is 4.26. The Kier molecular flexibility index (Phi) is 4.43. The molecular formula is C21H19F3N4O2. The molecule has 9 heteroatoms. The normalized spacial score (nSPS) is 16.6. The van der Waals surface area contributed by atoms with E-state index in [2.05, 4.69) is 19.4 Å². The maximum atomic E-state index is 12.7. The molecule has 0 saturated carbocycles. The molecule has 4 aromatic heterocycles. The Labute approximate surface area is 168 Å². The summed E-state index contributed by atoms with van der Waals surface area (Å²) in [4.78, 5) is 21.8. The third kappa shape index (κ3) is 3.28. The first-order chi connectivity index (χ1) is 14.4. The number of halogens is 3. The number of piperidine rings is 1. The topological polar surface area (TPSA) is 67.1 Å². The van der Waals surface area contributed by atoms with E-state index in [9.17, 15) is 18.0 Å². The number of nitrogens with zero attached hydrogens (tertiary/aromatic N) is 3. The number of rotatable bonds is 3. The number of furan rings is 1. The zero-order valence-corrected chi connectivity index (χ0v) is 15.9. The van der Waals surface area contributed by atoms with E-state index < -0.39 is 11.9 Å². The number of likely N-dealkylation sites (tertiary alicyclic amines) is 1. The summed E-state index contributed by atoms with van der Waals surface area (Å²) in [5.74, 6) is -0.647. The Morgan fingerprint density at radius 2 is 1.93 bits per heavy atom. The van der Waals surface area contributed by atoms with E-state index in [-0.39, 0.29) is 11.5 Å². The molecule has 0 spiro atoms. The number of pyridine rings is 2. The van der Waals surface area contributed by atoms with E-state index in [0.29, 0.717) is 17.7 Å². The molecule has 1 aliphatic heterocycles. The molecule has 0 bridgehead atoms. The minimum absolute atomic E-state index is 0.0624. The predicted molar refractivity (Wildman–Crippen MR) is 105 cm³/mol. The van der Waals surface area contributed by atoms with Crippen LogP contribution < -0.4 is 5.43 Å². The highest BCUT2D eigenvalue weighted by Crippen LogP contribution is 2.32. The van der Waals surface area contributed by atoms with Crippen molar-refractivity contribution in [3.63, 3.8) is 0 Å². The van der Waals surface area contributed by atoms with Crippen LogP contribution in [0.4, 0.5) is 13.2 Å². The van der Waals surface area contributed by atoms with E-state index in [1.807, 2.05) is 12.3 Å². The van der Waals surface area contributed by atoms with Crippen LogP contribution in [0.3, 0.4) is 0 Å². The Morgan fingerprint density at radius 3 is 2.67 bits per heavy atom. The Morgan fingerprint density at radius 1 is 1.13 bits per heavy atom. The van der Waals surface area contributed by atoms with Gasteiger partial charge >= 0.3 is 6.18 Å². The number of hydrogen-bond acceptors (Lipinski definition) is 4. The molecule has 0 amide bonds. The number of hydrogen-bond donors (Lipinski definition) is 1. The van der Waals surface area contributed by atoms with Gasteiger partial charge in [-0.2, -0.15) is 13.2 Å². The summed E-state index contributed by atoms with van der Waals surface area (Å²) in [6, 6.07) is 6.04. The number of aromatic amines is 1. The van der Waals surface area contributed by atoms with Gasteiger partial charge in [0.05, 0.1) is 17.4 Å². The summed E-state index contributed by atoms with van der Waals surface area (Å²) >= 11 is 0. The molecule has 0 atom stereocenters. The summed E-state index contributed by atoms with van der Waals surface area (Å²) in [5, 5.41) is 1.49. The monoisotopic (exact) mass is 416 g/mol. The van der Waals surface area contributed by atoms with Gasteiger partial charge in [0.15, 0.2) is 5.43 Å². The number of H-pyrrole nitrogens is 1. The lowest BCUT2D eigenvalue weighted by molar-refractivity contribution is -0.153. The highest BCUT2D eigenvalue weighted by Gasteiger charge is 2.35. The van der Waals surface area contributed by atoms with Crippen LogP contribution in [0.15, 0.2) is 52.1 Å². The molecule has 0 aliphatic carbocycles. The molecule has 6 nitrogen and oxygen atoms in total. The van der Waals surface area contributed by atoms with Gasteiger partial charge in [0, 0.05) is 49.2 Å².